The Kier molecular flexibility index (Phi) is 3.52. The van der Waals surface area contributed by atoms with E-state index in [-0.39, 0.29) is 12.1 Å². The molecule has 0 spiro atoms. The van der Waals surface area contributed by atoms with Crippen molar-refractivity contribution in [3.05, 3.63) is 35.4 Å². The maximum absolute atomic E-state index is 11.7. The van der Waals surface area contributed by atoms with E-state index in [4.69, 9.17) is 5.26 Å². The van der Waals surface area contributed by atoms with Gasteiger partial charge in [-0.25, -0.2) is 9.69 Å². The van der Waals surface area contributed by atoms with E-state index in [0.717, 1.165) is 18.4 Å². The quantitative estimate of drug-likeness (QED) is 0.766. The third kappa shape index (κ3) is 2.17. The Morgan fingerprint density at radius 1 is 1.39 bits per heavy atom. The van der Waals surface area contributed by atoms with Gasteiger partial charge >= 0.3 is 6.03 Å². The summed E-state index contributed by atoms with van der Waals surface area (Å²) in [5.41, 5.74) is 2.40. The van der Waals surface area contributed by atoms with Gasteiger partial charge in [0.25, 0.3) is 0 Å². The molecule has 1 aromatic rings. The molecule has 0 saturated carbocycles. The number of aryl methyl sites for hydroxylation is 1. The van der Waals surface area contributed by atoms with Crippen LogP contribution in [0, 0.1) is 11.5 Å². The summed E-state index contributed by atoms with van der Waals surface area (Å²) < 4.78 is 0. The van der Waals surface area contributed by atoms with Crippen molar-refractivity contribution in [2.75, 3.05) is 13.6 Å². The minimum absolute atomic E-state index is 0.0205. The van der Waals surface area contributed by atoms with Crippen LogP contribution in [-0.4, -0.2) is 29.4 Å². The summed E-state index contributed by atoms with van der Waals surface area (Å²) in [7, 11) is 1.74. The summed E-state index contributed by atoms with van der Waals surface area (Å²) in [5, 5.41) is 8.86. The predicted molar refractivity (Wildman–Crippen MR) is 68.7 cm³/mol. The molecule has 1 aromatic carbocycles. The van der Waals surface area contributed by atoms with Crippen molar-refractivity contribution in [3.8, 4) is 6.19 Å². The lowest BCUT2D eigenvalue weighted by molar-refractivity contribution is 0.205. The molecule has 0 N–H and O–H groups in total. The maximum atomic E-state index is 11.7. The molecule has 1 saturated heterocycles. The Hall–Kier alpha value is -2.02. The molecular weight excluding hydrogens is 226 g/mol. The van der Waals surface area contributed by atoms with Crippen molar-refractivity contribution in [1.82, 2.24) is 9.80 Å². The second-order valence-electron chi connectivity index (χ2n) is 4.61. The Balaban J connectivity index is 2.17. The van der Waals surface area contributed by atoms with Gasteiger partial charge in [-0.2, -0.15) is 5.26 Å². The van der Waals surface area contributed by atoms with Crippen molar-refractivity contribution in [2.45, 2.75) is 25.8 Å². The molecule has 0 radical (unpaired) electrons. The largest absolute Gasteiger partial charge is 0.333 e. The number of amides is 2. The molecule has 0 aromatic heterocycles. The zero-order chi connectivity index (χ0) is 13.1. The van der Waals surface area contributed by atoms with Gasteiger partial charge in [0, 0.05) is 7.05 Å². The molecule has 1 aliphatic rings. The minimum atomic E-state index is -0.222. The average Bonchev–Trinajstić information content (AvgIpc) is 2.68. The van der Waals surface area contributed by atoms with Crippen LogP contribution in [0.2, 0.25) is 0 Å². The van der Waals surface area contributed by atoms with E-state index in [1.165, 1.54) is 10.5 Å². The van der Waals surface area contributed by atoms with Gasteiger partial charge in [0.1, 0.15) is 0 Å². The maximum Gasteiger partial charge on any atom is 0.333 e. The molecule has 1 fully saturated rings. The zero-order valence-electron chi connectivity index (χ0n) is 10.8. The van der Waals surface area contributed by atoms with Crippen LogP contribution < -0.4 is 0 Å². The molecule has 1 atom stereocenters. The number of likely N-dealkylation sites (N-methyl/N-ethyl adjacent to an activating group) is 1. The van der Waals surface area contributed by atoms with Crippen LogP contribution in [0.4, 0.5) is 4.79 Å². The van der Waals surface area contributed by atoms with Crippen molar-refractivity contribution in [3.63, 3.8) is 0 Å². The summed E-state index contributed by atoms with van der Waals surface area (Å²) in [6.45, 7) is 2.60. The van der Waals surface area contributed by atoms with Gasteiger partial charge in [0.2, 0.25) is 0 Å². The van der Waals surface area contributed by atoms with E-state index in [1.54, 1.807) is 11.9 Å². The van der Waals surface area contributed by atoms with E-state index < -0.39 is 0 Å². The van der Waals surface area contributed by atoms with Crippen molar-refractivity contribution in [2.24, 2.45) is 0 Å². The normalized spacial score (nSPS) is 19.2. The number of carbonyl (C=O) groups is 1. The van der Waals surface area contributed by atoms with Crippen LogP contribution in [0.3, 0.4) is 0 Å². The molecule has 2 amide bonds. The number of benzene rings is 1. The minimum Gasteiger partial charge on any atom is -0.318 e. The third-order valence-corrected chi connectivity index (χ3v) is 3.38. The van der Waals surface area contributed by atoms with Gasteiger partial charge < -0.3 is 4.90 Å². The molecule has 0 bridgehead atoms. The standard InChI is InChI=1S/C14H17N3O/c1-3-4-11-5-7-12(8-6-11)13-9-17(10-15)14(18)16(13)2/h5-8,13H,3-4,9H2,1-2H3. The van der Waals surface area contributed by atoms with Gasteiger partial charge in [-0.05, 0) is 17.5 Å². The first-order valence-electron chi connectivity index (χ1n) is 6.20. The molecule has 18 heavy (non-hydrogen) atoms. The van der Waals surface area contributed by atoms with Gasteiger partial charge in [0.05, 0.1) is 12.6 Å². The molecule has 1 heterocycles. The summed E-state index contributed by atoms with van der Waals surface area (Å²) in [6.07, 6.45) is 4.12. The molecule has 4 heteroatoms. The number of hydrogen-bond acceptors (Lipinski definition) is 2. The van der Waals surface area contributed by atoms with Crippen LogP contribution in [0.25, 0.3) is 0 Å². The molecule has 4 nitrogen and oxygen atoms in total. The fraction of sp³-hybridized carbons (Fsp3) is 0.429. The summed E-state index contributed by atoms with van der Waals surface area (Å²) >= 11 is 0. The van der Waals surface area contributed by atoms with Crippen molar-refractivity contribution in [1.29, 1.82) is 5.26 Å². The fourth-order valence-corrected chi connectivity index (χ4v) is 2.30. The third-order valence-electron chi connectivity index (χ3n) is 3.38. The monoisotopic (exact) mass is 243 g/mol. The van der Waals surface area contributed by atoms with Gasteiger partial charge in [-0.15, -0.1) is 0 Å². The number of rotatable bonds is 3. The average molecular weight is 243 g/mol. The Labute approximate surface area is 107 Å². The Morgan fingerprint density at radius 3 is 2.56 bits per heavy atom. The number of nitriles is 1. The van der Waals surface area contributed by atoms with Crippen molar-refractivity contribution < 1.29 is 4.79 Å². The number of hydrogen-bond donors (Lipinski definition) is 0. The number of urea groups is 1. The predicted octanol–water partition coefficient (Wildman–Crippen LogP) is 2.53. The first-order chi connectivity index (χ1) is 8.67. The lowest BCUT2D eigenvalue weighted by atomic mass is 10.0. The van der Waals surface area contributed by atoms with Crippen LogP contribution in [-0.2, 0) is 6.42 Å². The first-order valence-corrected chi connectivity index (χ1v) is 6.20. The highest BCUT2D eigenvalue weighted by Gasteiger charge is 2.35. The summed E-state index contributed by atoms with van der Waals surface area (Å²) in [6, 6.07) is 8.08. The lowest BCUT2D eigenvalue weighted by Crippen LogP contribution is -2.26. The SMILES string of the molecule is CCCc1ccc(C2CN(C#N)C(=O)N2C)cc1. The molecule has 94 valence electrons. The first kappa shape index (κ1) is 12.4. The van der Waals surface area contributed by atoms with Gasteiger partial charge in [0.15, 0.2) is 6.19 Å². The second-order valence-corrected chi connectivity index (χ2v) is 4.61. The fourth-order valence-electron chi connectivity index (χ4n) is 2.30. The Bertz CT molecular complexity index is 475. The van der Waals surface area contributed by atoms with E-state index in [9.17, 15) is 4.79 Å². The van der Waals surface area contributed by atoms with Crippen LogP contribution in [0.15, 0.2) is 24.3 Å². The zero-order valence-corrected chi connectivity index (χ0v) is 10.8. The van der Waals surface area contributed by atoms with Gasteiger partial charge in [-0.1, -0.05) is 37.6 Å². The molecule has 1 unspecified atom stereocenters. The summed E-state index contributed by atoms with van der Waals surface area (Å²) in [5.74, 6) is 0. The van der Waals surface area contributed by atoms with Crippen LogP contribution in [0.1, 0.15) is 30.5 Å². The van der Waals surface area contributed by atoms with Crippen LogP contribution >= 0.6 is 0 Å². The van der Waals surface area contributed by atoms with Gasteiger partial charge in [-0.3, -0.25) is 0 Å². The summed E-state index contributed by atoms with van der Waals surface area (Å²) in [4.78, 5) is 14.5. The van der Waals surface area contributed by atoms with E-state index >= 15 is 0 Å². The molecule has 2 rings (SSSR count). The highest BCUT2D eigenvalue weighted by atomic mass is 16.2. The molecular formula is C14H17N3O. The molecule has 1 aliphatic heterocycles. The van der Waals surface area contributed by atoms with E-state index in [2.05, 4.69) is 31.2 Å². The lowest BCUT2D eigenvalue weighted by Gasteiger charge is -2.18. The van der Waals surface area contributed by atoms with Crippen molar-refractivity contribution >= 4 is 6.03 Å². The number of carbonyl (C=O) groups excluding carboxylic acids is 1. The Morgan fingerprint density at radius 2 is 2.06 bits per heavy atom. The second kappa shape index (κ2) is 5.09. The van der Waals surface area contributed by atoms with E-state index in [0.29, 0.717) is 6.54 Å². The smallest absolute Gasteiger partial charge is 0.318 e. The van der Waals surface area contributed by atoms with E-state index in [1.807, 2.05) is 6.19 Å². The highest BCUT2D eigenvalue weighted by molar-refractivity contribution is 5.78. The highest BCUT2D eigenvalue weighted by Crippen LogP contribution is 2.27. The van der Waals surface area contributed by atoms with Crippen LogP contribution in [0.5, 0.6) is 0 Å². The topological polar surface area (TPSA) is 47.3 Å². The number of nitrogens with zero attached hydrogens (tertiary/aromatic N) is 3. The molecule has 0 aliphatic carbocycles.